The molecule has 0 radical (unpaired) electrons. The predicted molar refractivity (Wildman–Crippen MR) is 121 cm³/mol. The van der Waals surface area contributed by atoms with E-state index in [0.717, 1.165) is 21.2 Å². The van der Waals surface area contributed by atoms with E-state index >= 15 is 0 Å². The lowest BCUT2D eigenvalue weighted by Gasteiger charge is -2.12. The lowest BCUT2D eigenvalue weighted by Crippen LogP contribution is -2.04. The van der Waals surface area contributed by atoms with Gasteiger partial charge >= 0.3 is 0 Å². The van der Waals surface area contributed by atoms with Crippen LogP contribution in [0.2, 0.25) is 0 Å². The molecule has 2 rings (SSSR count). The fourth-order valence-electron chi connectivity index (χ4n) is 2.32. The Morgan fingerprint density at radius 2 is 1.76 bits per heavy atom. The number of ketones is 1. The zero-order valence-electron chi connectivity index (χ0n) is 17.0. The first kappa shape index (κ1) is 22.5. The summed E-state index contributed by atoms with van der Waals surface area (Å²) in [6.45, 7) is 8.00. The van der Waals surface area contributed by atoms with Crippen LogP contribution in [0.4, 0.5) is 0 Å². The van der Waals surface area contributed by atoms with Crippen LogP contribution in [0.3, 0.4) is 0 Å². The number of phenolic OH excluding ortho intramolecular Hbond substituents is 1. The monoisotopic (exact) mass is 456 g/mol. The number of aromatic hydroxyl groups is 1. The van der Waals surface area contributed by atoms with Crippen LogP contribution in [-0.4, -0.2) is 17.5 Å². The highest BCUT2D eigenvalue weighted by Gasteiger charge is 2.18. The summed E-state index contributed by atoms with van der Waals surface area (Å²) >= 11 is 3.38. The summed E-state index contributed by atoms with van der Waals surface area (Å²) < 4.78 is 12.3. The molecule has 0 unspecified atom stereocenters. The molecule has 5 heteroatoms. The van der Waals surface area contributed by atoms with E-state index in [-0.39, 0.29) is 29.5 Å². The SMILES string of the molecule is CC(C)=CCOc1cc(OC=C(C)C)cc(O)c1C(=O)/C=C/c1ccc(Br)cc1. The van der Waals surface area contributed by atoms with Crippen molar-refractivity contribution in [2.75, 3.05) is 6.61 Å². The van der Waals surface area contributed by atoms with Crippen molar-refractivity contribution in [3.05, 3.63) is 81.6 Å². The number of benzene rings is 2. The second-order valence-corrected chi connectivity index (χ2v) is 7.89. The van der Waals surface area contributed by atoms with Gasteiger partial charge in [0.15, 0.2) is 5.78 Å². The quantitative estimate of drug-likeness (QED) is 0.208. The molecule has 0 aliphatic rings. The summed E-state index contributed by atoms with van der Waals surface area (Å²) in [5, 5.41) is 10.5. The Bertz CT molecular complexity index is 946. The Morgan fingerprint density at radius 1 is 1.07 bits per heavy atom. The molecular weight excluding hydrogens is 432 g/mol. The second kappa shape index (κ2) is 10.7. The van der Waals surface area contributed by atoms with Gasteiger partial charge in [0.25, 0.3) is 0 Å². The van der Waals surface area contributed by atoms with Crippen molar-refractivity contribution < 1.29 is 19.4 Å². The number of phenols is 1. The van der Waals surface area contributed by atoms with E-state index in [4.69, 9.17) is 9.47 Å². The molecule has 0 aliphatic heterocycles. The van der Waals surface area contributed by atoms with Crippen LogP contribution >= 0.6 is 15.9 Å². The maximum Gasteiger partial charge on any atom is 0.193 e. The predicted octanol–water partition coefficient (Wildman–Crippen LogP) is 6.70. The highest BCUT2D eigenvalue weighted by molar-refractivity contribution is 9.10. The Balaban J connectivity index is 2.35. The van der Waals surface area contributed by atoms with Crippen LogP contribution in [0.15, 0.2) is 70.4 Å². The molecule has 4 nitrogen and oxygen atoms in total. The van der Waals surface area contributed by atoms with E-state index in [1.54, 1.807) is 18.4 Å². The van der Waals surface area contributed by atoms with Gasteiger partial charge in [0.05, 0.1) is 6.26 Å². The van der Waals surface area contributed by atoms with Crippen LogP contribution in [-0.2, 0) is 0 Å². The van der Waals surface area contributed by atoms with Crippen molar-refractivity contribution >= 4 is 27.8 Å². The van der Waals surface area contributed by atoms with Gasteiger partial charge in [0.2, 0.25) is 0 Å². The van der Waals surface area contributed by atoms with Crippen molar-refractivity contribution in [1.82, 2.24) is 0 Å². The van der Waals surface area contributed by atoms with Gasteiger partial charge < -0.3 is 14.6 Å². The van der Waals surface area contributed by atoms with Crippen LogP contribution in [0, 0.1) is 0 Å². The van der Waals surface area contributed by atoms with Crippen molar-refractivity contribution in [3.8, 4) is 17.2 Å². The molecular formula is C24H25BrO4. The van der Waals surface area contributed by atoms with E-state index in [1.165, 1.54) is 12.1 Å². The van der Waals surface area contributed by atoms with Crippen LogP contribution in [0.5, 0.6) is 17.2 Å². The summed E-state index contributed by atoms with van der Waals surface area (Å²) in [4.78, 5) is 12.8. The van der Waals surface area contributed by atoms with Gasteiger partial charge in [-0.15, -0.1) is 0 Å². The van der Waals surface area contributed by atoms with Gasteiger partial charge in [-0.25, -0.2) is 0 Å². The Kier molecular flexibility index (Phi) is 8.28. The van der Waals surface area contributed by atoms with E-state index in [9.17, 15) is 9.90 Å². The normalized spacial score (nSPS) is 10.5. The molecule has 1 N–H and O–H groups in total. The van der Waals surface area contributed by atoms with Crippen LogP contribution in [0.1, 0.15) is 43.6 Å². The second-order valence-electron chi connectivity index (χ2n) is 6.97. The summed E-state index contributed by atoms with van der Waals surface area (Å²) in [6.07, 6.45) is 6.58. The molecule has 0 saturated carbocycles. The van der Waals surface area contributed by atoms with Gasteiger partial charge in [-0.2, -0.15) is 0 Å². The maximum absolute atomic E-state index is 12.8. The molecule has 152 valence electrons. The van der Waals surface area contributed by atoms with Crippen molar-refractivity contribution in [1.29, 1.82) is 0 Å². The van der Waals surface area contributed by atoms with Gasteiger partial charge in [-0.05, 0) is 63.1 Å². The number of rotatable bonds is 8. The first-order chi connectivity index (χ1) is 13.8. The number of carbonyl (C=O) groups excluding carboxylic acids is 1. The van der Waals surface area contributed by atoms with Gasteiger partial charge in [-0.1, -0.05) is 39.7 Å². The number of hydrogen-bond acceptors (Lipinski definition) is 4. The average Bonchev–Trinajstić information content (AvgIpc) is 2.65. The molecule has 0 atom stereocenters. The van der Waals surface area contributed by atoms with Crippen LogP contribution < -0.4 is 9.47 Å². The first-order valence-corrected chi connectivity index (χ1v) is 9.96. The topological polar surface area (TPSA) is 55.8 Å². The van der Waals surface area contributed by atoms with E-state index in [0.29, 0.717) is 5.75 Å². The molecule has 2 aromatic carbocycles. The average molecular weight is 457 g/mol. The van der Waals surface area contributed by atoms with Crippen molar-refractivity contribution in [2.24, 2.45) is 0 Å². The third-order valence-corrected chi connectivity index (χ3v) is 4.29. The molecule has 0 amide bonds. The fourth-order valence-corrected chi connectivity index (χ4v) is 2.58. The highest BCUT2D eigenvalue weighted by Crippen LogP contribution is 2.34. The standard InChI is InChI=1S/C24H25BrO4/c1-16(2)11-12-28-23-14-20(29-15-17(3)4)13-22(27)24(23)21(26)10-7-18-5-8-19(25)9-6-18/h5-11,13-15,27H,12H2,1-4H3/b10-7+. The number of hydrogen-bond donors (Lipinski definition) is 1. The fraction of sp³-hybridized carbons (Fsp3) is 0.208. The molecule has 0 fully saturated rings. The van der Waals surface area contributed by atoms with Crippen molar-refractivity contribution in [3.63, 3.8) is 0 Å². The number of halogens is 1. The lowest BCUT2D eigenvalue weighted by molar-refractivity contribution is 0.104. The lowest BCUT2D eigenvalue weighted by atomic mass is 10.1. The Morgan fingerprint density at radius 3 is 2.38 bits per heavy atom. The molecule has 0 aliphatic carbocycles. The van der Waals surface area contributed by atoms with Crippen LogP contribution in [0.25, 0.3) is 6.08 Å². The molecule has 0 spiro atoms. The van der Waals surface area contributed by atoms with E-state index in [2.05, 4.69) is 15.9 Å². The summed E-state index contributed by atoms with van der Waals surface area (Å²) in [6, 6.07) is 10.6. The molecule has 2 aromatic rings. The number of allylic oxidation sites excluding steroid dienone is 3. The zero-order chi connectivity index (χ0) is 21.4. The first-order valence-electron chi connectivity index (χ1n) is 9.17. The van der Waals surface area contributed by atoms with E-state index in [1.807, 2.05) is 58.0 Å². The minimum absolute atomic E-state index is 0.102. The Hall–Kier alpha value is -2.79. The minimum atomic E-state index is -0.355. The third kappa shape index (κ3) is 7.27. The van der Waals surface area contributed by atoms with Gasteiger partial charge in [0, 0.05) is 16.6 Å². The zero-order valence-corrected chi connectivity index (χ0v) is 18.6. The summed E-state index contributed by atoms with van der Waals surface area (Å²) in [5.74, 6) is 0.114. The molecule has 0 aromatic heterocycles. The smallest absolute Gasteiger partial charge is 0.193 e. The Labute approximate surface area is 180 Å². The van der Waals surface area contributed by atoms with Gasteiger partial charge in [0.1, 0.15) is 29.4 Å². The molecule has 0 bridgehead atoms. The highest BCUT2D eigenvalue weighted by atomic mass is 79.9. The number of ether oxygens (including phenoxy) is 2. The number of carbonyl (C=O) groups is 1. The van der Waals surface area contributed by atoms with E-state index < -0.39 is 0 Å². The molecule has 0 saturated heterocycles. The minimum Gasteiger partial charge on any atom is -0.507 e. The van der Waals surface area contributed by atoms with Gasteiger partial charge in [-0.3, -0.25) is 4.79 Å². The molecule has 0 heterocycles. The summed E-state index contributed by atoms with van der Waals surface area (Å²) in [5.41, 5.74) is 3.03. The maximum atomic E-state index is 12.8. The largest absolute Gasteiger partial charge is 0.507 e. The van der Waals surface area contributed by atoms with Crippen molar-refractivity contribution in [2.45, 2.75) is 27.7 Å². The molecule has 29 heavy (non-hydrogen) atoms. The third-order valence-electron chi connectivity index (χ3n) is 3.76. The summed E-state index contributed by atoms with van der Waals surface area (Å²) in [7, 11) is 0.